The fraction of sp³-hybridized carbons (Fsp3) is 0.100. The van der Waals surface area contributed by atoms with Gasteiger partial charge in [0, 0.05) is 12.1 Å². The van der Waals surface area contributed by atoms with Gasteiger partial charge in [0.25, 0.3) is 5.91 Å². The Kier molecular flexibility index (Phi) is 5.12. The summed E-state index contributed by atoms with van der Waals surface area (Å²) in [5.41, 5.74) is 2.22. The Bertz CT molecular complexity index is 914. The number of carboxylic acid groups (broad SMARTS) is 1. The molecule has 0 radical (unpaired) electrons. The highest BCUT2D eigenvalue weighted by Crippen LogP contribution is 2.22. The molecular weight excluding hydrogens is 337 g/mol. The minimum atomic E-state index is -0.888. The van der Waals surface area contributed by atoms with Crippen LogP contribution in [0.4, 0.5) is 4.39 Å². The molecule has 0 fully saturated rings. The van der Waals surface area contributed by atoms with Gasteiger partial charge in [-0.3, -0.25) is 9.59 Å². The molecule has 3 aromatic rings. The van der Waals surface area contributed by atoms with Crippen molar-refractivity contribution >= 4 is 11.9 Å². The van der Waals surface area contributed by atoms with E-state index in [9.17, 15) is 14.0 Å². The summed E-state index contributed by atoms with van der Waals surface area (Å²) in [6, 6.07) is 16.0. The number of hydrogen-bond acceptors (Lipinski definition) is 3. The van der Waals surface area contributed by atoms with Gasteiger partial charge in [-0.25, -0.2) is 4.39 Å². The van der Waals surface area contributed by atoms with Gasteiger partial charge in [-0.2, -0.15) is 0 Å². The third kappa shape index (κ3) is 4.36. The summed E-state index contributed by atoms with van der Waals surface area (Å²) in [7, 11) is 0. The summed E-state index contributed by atoms with van der Waals surface area (Å²) in [5.74, 6) is -0.957. The van der Waals surface area contributed by atoms with Crippen LogP contribution in [-0.2, 0) is 17.8 Å². The summed E-state index contributed by atoms with van der Waals surface area (Å²) in [6.45, 7) is 0.290. The number of aliphatic carboxylic acids is 1. The number of rotatable bonds is 6. The van der Waals surface area contributed by atoms with Gasteiger partial charge in [0.05, 0.1) is 6.42 Å². The Labute approximate surface area is 149 Å². The summed E-state index contributed by atoms with van der Waals surface area (Å²) in [6.07, 6.45) is -0.0365. The van der Waals surface area contributed by atoms with Gasteiger partial charge in [-0.05, 0) is 47.5 Å². The zero-order valence-corrected chi connectivity index (χ0v) is 13.7. The normalized spacial score (nSPS) is 10.5. The Hall–Kier alpha value is -3.41. The van der Waals surface area contributed by atoms with E-state index in [2.05, 4.69) is 5.32 Å². The minimum absolute atomic E-state index is 0.0365. The Balaban J connectivity index is 1.60. The van der Waals surface area contributed by atoms with Crippen LogP contribution >= 0.6 is 0 Å². The van der Waals surface area contributed by atoms with E-state index in [1.165, 1.54) is 12.1 Å². The van der Waals surface area contributed by atoms with Gasteiger partial charge >= 0.3 is 5.97 Å². The van der Waals surface area contributed by atoms with Crippen LogP contribution in [0.5, 0.6) is 0 Å². The first-order chi connectivity index (χ1) is 12.5. The molecule has 0 aliphatic rings. The summed E-state index contributed by atoms with van der Waals surface area (Å²) < 4.78 is 18.5. The van der Waals surface area contributed by atoms with E-state index < -0.39 is 5.97 Å². The van der Waals surface area contributed by atoms with E-state index in [0.29, 0.717) is 23.4 Å². The number of furan rings is 1. The van der Waals surface area contributed by atoms with Crippen LogP contribution in [0.15, 0.2) is 65.1 Å². The lowest BCUT2D eigenvalue weighted by Crippen LogP contribution is -2.22. The molecule has 132 valence electrons. The smallest absolute Gasteiger partial charge is 0.307 e. The number of carbonyl (C=O) groups excluding carboxylic acids is 1. The van der Waals surface area contributed by atoms with E-state index in [1.807, 2.05) is 0 Å². The molecule has 3 rings (SSSR count). The van der Waals surface area contributed by atoms with Gasteiger partial charge in [0.1, 0.15) is 11.6 Å². The SMILES string of the molecule is O=C(O)Cc1ccc(CNC(=O)c2ccc(-c3ccc(F)cc3)o2)cc1. The second kappa shape index (κ2) is 7.65. The largest absolute Gasteiger partial charge is 0.481 e. The van der Waals surface area contributed by atoms with E-state index in [-0.39, 0.29) is 23.9 Å². The molecule has 1 heterocycles. The number of amides is 1. The molecule has 0 saturated carbocycles. The van der Waals surface area contributed by atoms with E-state index >= 15 is 0 Å². The lowest BCUT2D eigenvalue weighted by Gasteiger charge is -2.05. The number of carbonyl (C=O) groups is 2. The van der Waals surface area contributed by atoms with Gasteiger partial charge in [-0.1, -0.05) is 24.3 Å². The molecule has 0 bridgehead atoms. The van der Waals surface area contributed by atoms with Crippen LogP contribution in [0.3, 0.4) is 0 Å². The molecule has 0 spiro atoms. The van der Waals surface area contributed by atoms with Crippen molar-refractivity contribution in [2.24, 2.45) is 0 Å². The molecule has 0 saturated heterocycles. The first-order valence-corrected chi connectivity index (χ1v) is 7.95. The molecular formula is C20H16FNO4. The molecule has 0 unspecified atom stereocenters. The van der Waals surface area contributed by atoms with Gasteiger partial charge in [0.2, 0.25) is 0 Å². The molecule has 2 aromatic carbocycles. The molecule has 0 atom stereocenters. The zero-order valence-electron chi connectivity index (χ0n) is 13.7. The Morgan fingerprint density at radius 3 is 2.23 bits per heavy atom. The quantitative estimate of drug-likeness (QED) is 0.709. The molecule has 2 N–H and O–H groups in total. The first-order valence-electron chi connectivity index (χ1n) is 7.95. The topological polar surface area (TPSA) is 79.5 Å². The van der Waals surface area contributed by atoms with Crippen LogP contribution in [0, 0.1) is 5.82 Å². The van der Waals surface area contributed by atoms with Crippen molar-refractivity contribution in [2.75, 3.05) is 0 Å². The highest BCUT2D eigenvalue weighted by Gasteiger charge is 2.12. The number of hydrogen-bond donors (Lipinski definition) is 2. The lowest BCUT2D eigenvalue weighted by molar-refractivity contribution is -0.136. The average Bonchev–Trinajstić information content (AvgIpc) is 3.11. The second-order valence-corrected chi connectivity index (χ2v) is 5.74. The predicted octanol–water partition coefficient (Wildman–Crippen LogP) is 3.64. The van der Waals surface area contributed by atoms with Gasteiger partial charge in [0.15, 0.2) is 5.76 Å². The lowest BCUT2D eigenvalue weighted by atomic mass is 10.1. The van der Waals surface area contributed by atoms with Gasteiger partial charge < -0.3 is 14.8 Å². The summed E-state index contributed by atoms with van der Waals surface area (Å²) in [5, 5.41) is 11.5. The van der Waals surface area contributed by atoms with E-state index in [0.717, 1.165) is 5.56 Å². The van der Waals surface area contributed by atoms with Crippen molar-refractivity contribution in [2.45, 2.75) is 13.0 Å². The maximum Gasteiger partial charge on any atom is 0.307 e. The maximum absolute atomic E-state index is 13.0. The minimum Gasteiger partial charge on any atom is -0.481 e. The second-order valence-electron chi connectivity index (χ2n) is 5.74. The average molecular weight is 353 g/mol. The van der Waals surface area contributed by atoms with Crippen LogP contribution < -0.4 is 5.32 Å². The van der Waals surface area contributed by atoms with E-state index in [4.69, 9.17) is 9.52 Å². The highest BCUT2D eigenvalue weighted by molar-refractivity contribution is 5.92. The van der Waals surface area contributed by atoms with Crippen molar-refractivity contribution < 1.29 is 23.5 Å². The third-order valence-electron chi connectivity index (χ3n) is 3.79. The summed E-state index contributed by atoms with van der Waals surface area (Å²) >= 11 is 0. The van der Waals surface area contributed by atoms with Crippen molar-refractivity contribution in [3.05, 3.63) is 83.4 Å². The molecule has 5 nitrogen and oxygen atoms in total. The summed E-state index contributed by atoms with van der Waals surface area (Å²) in [4.78, 5) is 22.8. The number of halogens is 1. The fourth-order valence-electron chi connectivity index (χ4n) is 2.45. The van der Waals surface area contributed by atoms with Crippen molar-refractivity contribution in [3.63, 3.8) is 0 Å². The standard InChI is InChI=1S/C20H16FNO4/c21-16-7-5-15(6-8-16)17-9-10-18(26-17)20(25)22-12-14-3-1-13(2-4-14)11-19(23)24/h1-10H,11-12H2,(H,22,25)(H,23,24). The first kappa shape index (κ1) is 17.4. The Morgan fingerprint density at radius 2 is 1.58 bits per heavy atom. The van der Waals surface area contributed by atoms with Crippen molar-refractivity contribution in [1.29, 1.82) is 0 Å². The molecule has 1 amide bonds. The van der Waals surface area contributed by atoms with Crippen LogP contribution in [0.1, 0.15) is 21.7 Å². The van der Waals surface area contributed by atoms with Gasteiger partial charge in [-0.15, -0.1) is 0 Å². The van der Waals surface area contributed by atoms with Crippen molar-refractivity contribution in [3.8, 4) is 11.3 Å². The zero-order chi connectivity index (χ0) is 18.5. The molecule has 1 aromatic heterocycles. The number of benzene rings is 2. The van der Waals surface area contributed by atoms with Crippen molar-refractivity contribution in [1.82, 2.24) is 5.32 Å². The van der Waals surface area contributed by atoms with E-state index in [1.54, 1.807) is 48.5 Å². The highest BCUT2D eigenvalue weighted by atomic mass is 19.1. The van der Waals surface area contributed by atoms with Crippen LogP contribution in [0.25, 0.3) is 11.3 Å². The fourth-order valence-corrected chi connectivity index (χ4v) is 2.45. The van der Waals surface area contributed by atoms with Crippen LogP contribution in [0.2, 0.25) is 0 Å². The number of nitrogens with one attached hydrogen (secondary N) is 1. The third-order valence-corrected chi connectivity index (χ3v) is 3.79. The predicted molar refractivity (Wildman–Crippen MR) is 93.1 cm³/mol. The number of carboxylic acids is 1. The molecule has 0 aliphatic heterocycles. The molecule has 0 aliphatic carbocycles. The van der Waals surface area contributed by atoms with Crippen LogP contribution in [-0.4, -0.2) is 17.0 Å². The molecule has 6 heteroatoms. The monoisotopic (exact) mass is 353 g/mol. The Morgan fingerprint density at radius 1 is 0.923 bits per heavy atom. The maximum atomic E-state index is 13.0. The molecule has 26 heavy (non-hydrogen) atoms.